The predicted octanol–water partition coefficient (Wildman–Crippen LogP) is 3.86. The molecule has 194 valence electrons. The molecule has 1 fully saturated rings. The van der Waals surface area contributed by atoms with Gasteiger partial charge in [0, 0.05) is 23.1 Å². The zero-order chi connectivity index (χ0) is 27.2. The maximum Gasteiger partial charge on any atom is 0.417 e. The number of hydrogen-bond donors (Lipinski definition) is 2. The summed E-state index contributed by atoms with van der Waals surface area (Å²) in [7, 11) is 0.982. The highest BCUT2D eigenvalue weighted by Gasteiger charge is 2.65. The molecule has 36 heavy (non-hydrogen) atoms. The van der Waals surface area contributed by atoms with Crippen LogP contribution in [0.4, 0.5) is 32.0 Å². The van der Waals surface area contributed by atoms with Crippen molar-refractivity contribution in [2.45, 2.75) is 37.6 Å². The monoisotopic (exact) mass is 518 g/mol. The molecule has 1 aliphatic heterocycles. The number of benzene rings is 2. The molecule has 0 saturated carbocycles. The van der Waals surface area contributed by atoms with Crippen molar-refractivity contribution in [3.05, 3.63) is 58.9 Å². The average Bonchev–Trinajstić information content (AvgIpc) is 3.08. The van der Waals surface area contributed by atoms with Gasteiger partial charge in [-0.05, 0) is 31.2 Å². The van der Waals surface area contributed by atoms with Crippen LogP contribution >= 0.6 is 0 Å². The van der Waals surface area contributed by atoms with Crippen LogP contribution in [0.5, 0.6) is 5.75 Å². The Morgan fingerprint density at radius 3 is 2.25 bits per heavy atom. The Kier molecular flexibility index (Phi) is 7.08. The van der Waals surface area contributed by atoms with Gasteiger partial charge >= 0.3 is 6.18 Å². The van der Waals surface area contributed by atoms with E-state index in [1.54, 1.807) is 0 Å². The third kappa shape index (κ3) is 4.50. The third-order valence-corrected chi connectivity index (χ3v) is 6.27. The molecular formula is C23H20F6N2O5. The molecule has 2 aromatic carbocycles. The molecule has 2 aromatic rings. The number of carbonyl (C=O) groups excluding carboxylic acids is 3. The number of halogens is 6. The van der Waals surface area contributed by atoms with E-state index < -0.39 is 76.1 Å². The maximum absolute atomic E-state index is 14.4. The van der Waals surface area contributed by atoms with Crippen LogP contribution in [0.1, 0.15) is 35.7 Å². The molecule has 4 atom stereocenters. The van der Waals surface area contributed by atoms with Crippen LogP contribution < -0.4 is 15.8 Å². The van der Waals surface area contributed by atoms with Crippen LogP contribution in [0.3, 0.4) is 0 Å². The van der Waals surface area contributed by atoms with Gasteiger partial charge in [0.1, 0.15) is 11.9 Å². The Balaban J connectivity index is 2.07. The van der Waals surface area contributed by atoms with E-state index in [1.165, 1.54) is 0 Å². The number of ketones is 1. The number of hydrogen-bond acceptors (Lipinski definition) is 5. The molecule has 0 radical (unpaired) electrons. The number of carbonyl (C=O) groups is 3. The highest BCUT2D eigenvalue weighted by atomic mass is 19.4. The summed E-state index contributed by atoms with van der Waals surface area (Å²) in [6.45, 7) is 1.85. The van der Waals surface area contributed by atoms with Gasteiger partial charge in [0.15, 0.2) is 17.2 Å². The topological polar surface area (TPSA) is 108 Å². The number of alkyl halides is 3. The number of ether oxygens (including phenoxy) is 2. The molecule has 0 spiro atoms. The highest BCUT2D eigenvalue weighted by Crippen LogP contribution is 2.55. The Bertz CT molecular complexity index is 1230. The summed E-state index contributed by atoms with van der Waals surface area (Å²) in [6, 6.07) is 4.17. The van der Waals surface area contributed by atoms with Crippen molar-refractivity contribution in [1.29, 1.82) is 0 Å². The lowest BCUT2D eigenvalue weighted by atomic mass is 9.77. The molecule has 0 unspecified atom stereocenters. The molecular weight excluding hydrogens is 498 g/mol. The maximum atomic E-state index is 14.4. The SMILES string of the molecule is COc1c([C@H]2[C@H](C(=O)Nc3ccc(F)c(C(=O)C(N)=O)c3)O[C@@](C)(C(F)(F)F)[C@H]2C)ccc(F)c1F. The molecule has 1 saturated heterocycles. The molecule has 13 heteroatoms. The van der Waals surface area contributed by atoms with Crippen molar-refractivity contribution < 1.29 is 50.2 Å². The molecule has 1 aliphatic rings. The smallest absolute Gasteiger partial charge is 0.417 e. The Morgan fingerprint density at radius 2 is 1.69 bits per heavy atom. The quantitative estimate of drug-likeness (QED) is 0.343. The first kappa shape index (κ1) is 27.0. The molecule has 2 amide bonds. The molecule has 3 rings (SSSR count). The van der Waals surface area contributed by atoms with Crippen LogP contribution in [0.2, 0.25) is 0 Å². The predicted molar refractivity (Wildman–Crippen MR) is 113 cm³/mol. The highest BCUT2D eigenvalue weighted by molar-refractivity contribution is 6.42. The zero-order valence-electron chi connectivity index (χ0n) is 19.0. The molecule has 3 N–H and O–H groups in total. The fourth-order valence-electron chi connectivity index (χ4n) is 4.16. The Labute approximate surface area is 200 Å². The first-order valence-electron chi connectivity index (χ1n) is 10.3. The van der Waals surface area contributed by atoms with Crippen LogP contribution in [0.15, 0.2) is 30.3 Å². The summed E-state index contributed by atoms with van der Waals surface area (Å²) in [6.07, 6.45) is -6.88. The van der Waals surface area contributed by atoms with Gasteiger partial charge in [-0.1, -0.05) is 13.0 Å². The van der Waals surface area contributed by atoms with Gasteiger partial charge < -0.3 is 20.5 Å². The van der Waals surface area contributed by atoms with Crippen molar-refractivity contribution in [2.24, 2.45) is 11.7 Å². The fraction of sp³-hybridized carbons (Fsp3) is 0.348. The summed E-state index contributed by atoms with van der Waals surface area (Å²) < 4.78 is 94.2. The minimum Gasteiger partial charge on any atom is -0.493 e. The fourth-order valence-corrected chi connectivity index (χ4v) is 4.16. The summed E-state index contributed by atoms with van der Waals surface area (Å²) >= 11 is 0. The van der Waals surface area contributed by atoms with Gasteiger partial charge in [-0.15, -0.1) is 0 Å². The van der Waals surface area contributed by atoms with Crippen molar-refractivity contribution in [1.82, 2.24) is 0 Å². The normalized spacial score (nSPS) is 23.9. The number of methoxy groups -OCH3 is 1. The van der Waals surface area contributed by atoms with Crippen LogP contribution in [0, 0.1) is 23.4 Å². The van der Waals surface area contributed by atoms with E-state index in [4.69, 9.17) is 15.2 Å². The number of primary amides is 1. The summed E-state index contributed by atoms with van der Waals surface area (Å²) in [5.74, 6) is -11.6. The second-order valence-corrected chi connectivity index (χ2v) is 8.32. The Morgan fingerprint density at radius 1 is 1.08 bits per heavy atom. The van der Waals surface area contributed by atoms with Gasteiger partial charge in [-0.2, -0.15) is 17.6 Å². The number of Topliss-reactive ketones (excluding diaryl/α,β-unsaturated/α-hetero) is 1. The van der Waals surface area contributed by atoms with E-state index >= 15 is 0 Å². The van der Waals surface area contributed by atoms with Gasteiger partial charge in [-0.25, -0.2) is 8.78 Å². The largest absolute Gasteiger partial charge is 0.493 e. The van der Waals surface area contributed by atoms with E-state index in [0.29, 0.717) is 13.0 Å². The van der Waals surface area contributed by atoms with Gasteiger partial charge in [0.2, 0.25) is 5.82 Å². The second-order valence-electron chi connectivity index (χ2n) is 8.32. The van der Waals surface area contributed by atoms with E-state index in [1.807, 2.05) is 0 Å². The number of anilines is 1. The number of nitrogens with two attached hydrogens (primary N) is 1. The standard InChI is InChI=1S/C23H20F6N2O5/c1-9-15(11-5-7-14(25)16(26)18(11)35-3)19(36-22(9,2)23(27,28)29)21(34)31-10-4-6-13(24)12(8-10)17(32)20(30)33/h4-9,15,19H,1-3H3,(H2,30,33)(H,31,34)/t9-,15-,19+,22+/m0/s1. The van der Waals surface area contributed by atoms with Crippen LogP contribution in [0.25, 0.3) is 0 Å². The summed E-state index contributed by atoms with van der Waals surface area (Å²) in [5.41, 5.74) is 0.693. The molecule has 0 aliphatic carbocycles. The van der Waals surface area contributed by atoms with Crippen molar-refractivity contribution in [3.63, 3.8) is 0 Å². The minimum atomic E-state index is -4.97. The zero-order valence-corrected chi connectivity index (χ0v) is 19.0. The minimum absolute atomic E-state index is 0.249. The van der Waals surface area contributed by atoms with Crippen molar-refractivity contribution in [3.8, 4) is 5.75 Å². The molecule has 1 heterocycles. The van der Waals surface area contributed by atoms with E-state index in [9.17, 15) is 40.7 Å². The molecule has 0 aromatic heterocycles. The Hall–Kier alpha value is -3.61. The van der Waals surface area contributed by atoms with Crippen molar-refractivity contribution in [2.75, 3.05) is 12.4 Å². The average molecular weight is 518 g/mol. The summed E-state index contributed by atoms with van der Waals surface area (Å²) in [4.78, 5) is 36.1. The van der Waals surface area contributed by atoms with Gasteiger partial charge in [0.25, 0.3) is 17.6 Å². The summed E-state index contributed by atoms with van der Waals surface area (Å²) in [5, 5.41) is 2.21. The lowest BCUT2D eigenvalue weighted by Gasteiger charge is -2.32. The number of nitrogens with one attached hydrogen (secondary N) is 1. The van der Waals surface area contributed by atoms with Crippen LogP contribution in [-0.2, 0) is 14.3 Å². The lowest BCUT2D eigenvalue weighted by Crippen LogP contribution is -2.47. The third-order valence-electron chi connectivity index (χ3n) is 6.27. The van der Waals surface area contributed by atoms with Gasteiger partial charge in [-0.3, -0.25) is 14.4 Å². The second kappa shape index (κ2) is 9.45. The number of amides is 2. The van der Waals surface area contributed by atoms with E-state index in [0.717, 1.165) is 38.3 Å². The molecule has 7 nitrogen and oxygen atoms in total. The number of rotatable bonds is 6. The van der Waals surface area contributed by atoms with Gasteiger partial charge in [0.05, 0.1) is 12.7 Å². The first-order chi connectivity index (χ1) is 16.6. The van der Waals surface area contributed by atoms with E-state index in [2.05, 4.69) is 5.32 Å². The lowest BCUT2D eigenvalue weighted by molar-refractivity contribution is -0.272. The van der Waals surface area contributed by atoms with Crippen molar-refractivity contribution >= 4 is 23.3 Å². The van der Waals surface area contributed by atoms with Crippen LogP contribution in [-0.4, -0.2) is 42.6 Å². The molecule has 0 bridgehead atoms. The van der Waals surface area contributed by atoms with E-state index in [-0.39, 0.29) is 11.3 Å². The first-order valence-corrected chi connectivity index (χ1v) is 10.3.